The van der Waals surface area contributed by atoms with Gasteiger partial charge in [-0.2, -0.15) is 0 Å². The Morgan fingerprint density at radius 2 is 1.81 bits per heavy atom. The minimum atomic E-state index is 0.0697. The molecule has 1 heterocycles. The zero-order chi connectivity index (χ0) is 14.2. The topological polar surface area (TPSA) is 35.5 Å². The molecular weight excluding hydrogens is 264 g/mol. The van der Waals surface area contributed by atoms with Crippen LogP contribution in [0.25, 0.3) is 0 Å². The number of fused-ring (bicyclic) bond motifs is 2. The van der Waals surface area contributed by atoms with Crippen LogP contribution in [0.15, 0.2) is 42.5 Å². The lowest BCUT2D eigenvalue weighted by atomic mass is 9.80. The Morgan fingerprint density at radius 1 is 1.00 bits per heavy atom. The first-order chi connectivity index (χ1) is 10.3. The van der Waals surface area contributed by atoms with Crippen molar-refractivity contribution in [2.45, 2.75) is 19.3 Å². The summed E-state index contributed by atoms with van der Waals surface area (Å²) in [4.78, 5) is 12.7. The number of hydrogen-bond donors (Lipinski definition) is 0. The Bertz CT molecular complexity index is 705. The largest absolute Gasteiger partial charge is 0.454 e. The molecule has 2 aliphatic rings. The fraction of sp³-hybridized carbons (Fsp3) is 0.278. The van der Waals surface area contributed by atoms with E-state index in [1.54, 1.807) is 0 Å². The Kier molecular flexibility index (Phi) is 2.92. The van der Waals surface area contributed by atoms with Gasteiger partial charge < -0.3 is 9.47 Å². The first-order valence-corrected chi connectivity index (χ1v) is 7.32. The van der Waals surface area contributed by atoms with Crippen molar-refractivity contribution in [2.75, 3.05) is 6.79 Å². The normalized spacial score (nSPS) is 19.1. The smallest absolute Gasteiger partial charge is 0.231 e. The molecule has 1 unspecified atom stereocenters. The molecule has 0 fully saturated rings. The third kappa shape index (κ3) is 2.19. The van der Waals surface area contributed by atoms with Crippen LogP contribution in [0.2, 0.25) is 0 Å². The van der Waals surface area contributed by atoms with Gasteiger partial charge in [0.2, 0.25) is 6.79 Å². The standard InChI is InChI=1S/C18H16O3/c19-18(15-7-8-16-17(10-15)21-11-20-16)14-6-5-12-3-1-2-4-13(12)9-14/h1-4,7-8,10,14H,5-6,9,11H2. The van der Waals surface area contributed by atoms with Crippen molar-refractivity contribution < 1.29 is 14.3 Å². The van der Waals surface area contributed by atoms with Crippen molar-refractivity contribution in [1.29, 1.82) is 0 Å². The van der Waals surface area contributed by atoms with Crippen molar-refractivity contribution in [1.82, 2.24) is 0 Å². The third-order valence-electron chi connectivity index (χ3n) is 4.37. The molecule has 2 aromatic carbocycles. The van der Waals surface area contributed by atoms with E-state index in [0.717, 1.165) is 30.6 Å². The highest BCUT2D eigenvalue weighted by Crippen LogP contribution is 2.34. The lowest BCUT2D eigenvalue weighted by Crippen LogP contribution is -2.22. The van der Waals surface area contributed by atoms with Gasteiger partial charge in [-0.1, -0.05) is 24.3 Å². The number of Topliss-reactive ketones (excluding diaryl/α,β-unsaturated/α-hetero) is 1. The van der Waals surface area contributed by atoms with Crippen LogP contribution >= 0.6 is 0 Å². The third-order valence-corrected chi connectivity index (χ3v) is 4.37. The van der Waals surface area contributed by atoms with Crippen molar-refractivity contribution in [3.63, 3.8) is 0 Å². The maximum absolute atomic E-state index is 12.7. The molecule has 3 heteroatoms. The van der Waals surface area contributed by atoms with E-state index in [-0.39, 0.29) is 18.5 Å². The summed E-state index contributed by atoms with van der Waals surface area (Å²) in [6.07, 6.45) is 2.74. The Morgan fingerprint density at radius 3 is 2.71 bits per heavy atom. The SMILES string of the molecule is O=C(c1ccc2c(c1)OCO2)C1CCc2ccccc2C1. The van der Waals surface area contributed by atoms with Gasteiger partial charge in [-0.15, -0.1) is 0 Å². The monoisotopic (exact) mass is 280 g/mol. The number of carbonyl (C=O) groups is 1. The number of aryl methyl sites for hydroxylation is 1. The number of ether oxygens (including phenoxy) is 2. The molecule has 0 saturated carbocycles. The van der Waals surface area contributed by atoms with Gasteiger partial charge in [0.25, 0.3) is 0 Å². The van der Waals surface area contributed by atoms with Crippen molar-refractivity contribution >= 4 is 5.78 Å². The summed E-state index contributed by atoms with van der Waals surface area (Å²) < 4.78 is 10.7. The van der Waals surface area contributed by atoms with Gasteiger partial charge in [0.1, 0.15) is 0 Å². The van der Waals surface area contributed by atoms with Gasteiger partial charge in [0.05, 0.1) is 0 Å². The van der Waals surface area contributed by atoms with E-state index in [9.17, 15) is 4.79 Å². The van der Waals surface area contributed by atoms with E-state index < -0.39 is 0 Å². The average Bonchev–Trinajstić information content (AvgIpc) is 3.01. The molecule has 0 amide bonds. The first-order valence-electron chi connectivity index (χ1n) is 7.32. The highest BCUT2D eigenvalue weighted by molar-refractivity contribution is 5.98. The summed E-state index contributed by atoms with van der Waals surface area (Å²) in [6.45, 7) is 0.240. The molecule has 0 bridgehead atoms. The van der Waals surface area contributed by atoms with Crippen LogP contribution < -0.4 is 9.47 Å². The van der Waals surface area contributed by atoms with E-state index >= 15 is 0 Å². The molecule has 106 valence electrons. The summed E-state index contributed by atoms with van der Waals surface area (Å²) in [7, 11) is 0. The molecule has 1 aliphatic carbocycles. The number of carbonyl (C=O) groups excluding carboxylic acids is 1. The van der Waals surface area contributed by atoms with Crippen LogP contribution in [-0.2, 0) is 12.8 Å². The summed E-state index contributed by atoms with van der Waals surface area (Å²) >= 11 is 0. The van der Waals surface area contributed by atoms with E-state index in [0.29, 0.717) is 5.75 Å². The van der Waals surface area contributed by atoms with Gasteiger partial charge in [0, 0.05) is 11.5 Å². The predicted octanol–water partition coefficient (Wildman–Crippen LogP) is 3.40. The maximum atomic E-state index is 12.7. The molecule has 21 heavy (non-hydrogen) atoms. The lowest BCUT2D eigenvalue weighted by Gasteiger charge is -2.23. The van der Waals surface area contributed by atoms with Crippen LogP contribution in [0.1, 0.15) is 27.9 Å². The second kappa shape index (κ2) is 4.92. The minimum Gasteiger partial charge on any atom is -0.454 e. The number of benzene rings is 2. The minimum absolute atomic E-state index is 0.0697. The molecule has 0 aromatic heterocycles. The van der Waals surface area contributed by atoms with E-state index in [1.165, 1.54) is 11.1 Å². The molecular formula is C18H16O3. The lowest BCUT2D eigenvalue weighted by molar-refractivity contribution is 0.0908. The maximum Gasteiger partial charge on any atom is 0.231 e. The van der Waals surface area contributed by atoms with Gasteiger partial charge in [-0.05, 0) is 48.6 Å². The Balaban J connectivity index is 1.59. The van der Waals surface area contributed by atoms with Crippen LogP contribution in [0, 0.1) is 5.92 Å². The summed E-state index contributed by atoms with van der Waals surface area (Å²) in [5.74, 6) is 1.68. The first kappa shape index (κ1) is 12.5. The molecule has 3 nitrogen and oxygen atoms in total. The van der Waals surface area contributed by atoms with Gasteiger partial charge in [-0.25, -0.2) is 0 Å². The summed E-state index contributed by atoms with van der Waals surface area (Å²) in [6, 6.07) is 13.9. The quantitative estimate of drug-likeness (QED) is 0.791. The summed E-state index contributed by atoms with van der Waals surface area (Å²) in [5, 5.41) is 0. The van der Waals surface area contributed by atoms with Crippen LogP contribution in [0.3, 0.4) is 0 Å². The number of hydrogen-bond acceptors (Lipinski definition) is 3. The van der Waals surface area contributed by atoms with Crippen molar-refractivity contribution in [3.8, 4) is 11.5 Å². The van der Waals surface area contributed by atoms with Gasteiger partial charge in [0.15, 0.2) is 17.3 Å². The second-order valence-corrected chi connectivity index (χ2v) is 5.64. The fourth-order valence-electron chi connectivity index (χ4n) is 3.21. The number of rotatable bonds is 2. The molecule has 0 spiro atoms. The zero-order valence-electron chi connectivity index (χ0n) is 11.7. The molecule has 0 saturated heterocycles. The fourth-order valence-corrected chi connectivity index (χ4v) is 3.21. The molecule has 1 atom stereocenters. The average molecular weight is 280 g/mol. The highest BCUT2D eigenvalue weighted by atomic mass is 16.7. The predicted molar refractivity (Wildman–Crippen MR) is 78.9 cm³/mol. The van der Waals surface area contributed by atoms with Gasteiger partial charge in [-0.3, -0.25) is 4.79 Å². The van der Waals surface area contributed by atoms with Crippen molar-refractivity contribution in [2.24, 2.45) is 5.92 Å². The van der Waals surface area contributed by atoms with E-state index in [2.05, 4.69) is 18.2 Å². The van der Waals surface area contributed by atoms with Crippen molar-refractivity contribution in [3.05, 3.63) is 59.2 Å². The summed E-state index contributed by atoms with van der Waals surface area (Å²) in [5.41, 5.74) is 3.42. The molecule has 4 rings (SSSR count). The molecule has 1 aliphatic heterocycles. The van der Waals surface area contributed by atoms with E-state index in [1.807, 2.05) is 24.3 Å². The highest BCUT2D eigenvalue weighted by Gasteiger charge is 2.26. The Hall–Kier alpha value is -2.29. The molecule has 2 aromatic rings. The number of ketones is 1. The molecule has 0 radical (unpaired) electrons. The molecule has 0 N–H and O–H groups in total. The van der Waals surface area contributed by atoms with Gasteiger partial charge >= 0.3 is 0 Å². The van der Waals surface area contributed by atoms with Crippen LogP contribution in [-0.4, -0.2) is 12.6 Å². The second-order valence-electron chi connectivity index (χ2n) is 5.64. The Labute approximate surface area is 123 Å². The van der Waals surface area contributed by atoms with E-state index in [4.69, 9.17) is 9.47 Å². The van der Waals surface area contributed by atoms with Crippen LogP contribution in [0.5, 0.6) is 11.5 Å². The zero-order valence-corrected chi connectivity index (χ0v) is 11.7. The van der Waals surface area contributed by atoms with Crippen LogP contribution in [0.4, 0.5) is 0 Å².